The van der Waals surface area contributed by atoms with Crippen molar-refractivity contribution in [3.63, 3.8) is 0 Å². The maximum atomic E-state index is 12.1. The normalized spacial score (nSPS) is 25.7. The zero-order chi connectivity index (χ0) is 15.2. The third-order valence-corrected chi connectivity index (χ3v) is 4.23. The topological polar surface area (TPSA) is 72.9 Å². The fourth-order valence-corrected chi connectivity index (χ4v) is 4.08. The molecule has 0 unspecified atom stereocenters. The summed E-state index contributed by atoms with van der Waals surface area (Å²) in [4.78, 5) is 12.1. The molecule has 1 amide bonds. The standard InChI is InChI=1S/C12H23NO5S/c1-8(2)9-12(6,7)18-19(15,16)13(9)10(14)17-11(3,4)5/h8-9H,1-7H3/t9-/m1/s1. The SMILES string of the molecule is CC(C)[C@H]1N(C(=O)OC(C)(C)C)S(=O)(=O)OC1(C)C. The zero-order valence-corrected chi connectivity index (χ0v) is 13.4. The van der Waals surface area contributed by atoms with E-state index in [1.165, 1.54) is 0 Å². The summed E-state index contributed by atoms with van der Waals surface area (Å²) in [5, 5.41) is 0. The molecule has 0 aromatic carbocycles. The first-order valence-corrected chi connectivity index (χ1v) is 7.62. The van der Waals surface area contributed by atoms with Crippen LogP contribution in [0.4, 0.5) is 4.79 Å². The molecule has 1 aliphatic rings. The van der Waals surface area contributed by atoms with E-state index >= 15 is 0 Å². The number of hydrogen-bond donors (Lipinski definition) is 0. The number of rotatable bonds is 1. The summed E-state index contributed by atoms with van der Waals surface area (Å²) in [6, 6.07) is -0.590. The van der Waals surface area contributed by atoms with E-state index in [1.807, 2.05) is 13.8 Å². The van der Waals surface area contributed by atoms with Gasteiger partial charge in [0.2, 0.25) is 0 Å². The highest BCUT2D eigenvalue weighted by Crippen LogP contribution is 2.38. The lowest BCUT2D eigenvalue weighted by Gasteiger charge is -2.31. The van der Waals surface area contributed by atoms with E-state index in [2.05, 4.69) is 0 Å². The van der Waals surface area contributed by atoms with E-state index in [4.69, 9.17) is 8.92 Å². The highest BCUT2D eigenvalue weighted by molar-refractivity contribution is 7.85. The molecule has 6 nitrogen and oxygen atoms in total. The number of carbonyl (C=O) groups excluding carboxylic acids is 1. The van der Waals surface area contributed by atoms with Gasteiger partial charge in [0.1, 0.15) is 11.2 Å². The lowest BCUT2D eigenvalue weighted by atomic mass is 9.89. The molecular formula is C12H23NO5S. The van der Waals surface area contributed by atoms with Gasteiger partial charge in [0, 0.05) is 0 Å². The van der Waals surface area contributed by atoms with Crippen LogP contribution in [0.2, 0.25) is 0 Å². The van der Waals surface area contributed by atoms with Crippen molar-refractivity contribution in [1.82, 2.24) is 4.31 Å². The maximum absolute atomic E-state index is 12.1. The summed E-state index contributed by atoms with van der Waals surface area (Å²) in [6.07, 6.45) is -0.892. The smallest absolute Gasteiger partial charge is 0.426 e. The average molecular weight is 293 g/mol. The van der Waals surface area contributed by atoms with Crippen molar-refractivity contribution < 1.29 is 22.1 Å². The van der Waals surface area contributed by atoms with Crippen LogP contribution in [0.5, 0.6) is 0 Å². The quantitative estimate of drug-likeness (QED) is 0.741. The first-order chi connectivity index (χ1) is 8.28. The van der Waals surface area contributed by atoms with Crippen LogP contribution in [0, 0.1) is 5.92 Å². The second-order valence-electron chi connectivity index (χ2n) is 6.61. The van der Waals surface area contributed by atoms with Gasteiger partial charge >= 0.3 is 16.4 Å². The van der Waals surface area contributed by atoms with Gasteiger partial charge in [-0.1, -0.05) is 13.8 Å². The zero-order valence-electron chi connectivity index (χ0n) is 12.6. The van der Waals surface area contributed by atoms with E-state index in [-0.39, 0.29) is 5.92 Å². The predicted molar refractivity (Wildman–Crippen MR) is 70.8 cm³/mol. The van der Waals surface area contributed by atoms with Crippen LogP contribution >= 0.6 is 0 Å². The summed E-state index contributed by atoms with van der Waals surface area (Å²) in [7, 11) is -4.10. The molecule has 0 aromatic rings. The van der Waals surface area contributed by atoms with Gasteiger partial charge in [0.25, 0.3) is 0 Å². The van der Waals surface area contributed by atoms with Crippen LogP contribution in [0.3, 0.4) is 0 Å². The molecule has 112 valence electrons. The maximum Gasteiger partial charge on any atom is 0.426 e. The Morgan fingerprint density at radius 2 is 1.79 bits per heavy atom. The van der Waals surface area contributed by atoms with Gasteiger partial charge in [0.05, 0.1) is 6.04 Å². The van der Waals surface area contributed by atoms with E-state index in [0.717, 1.165) is 4.31 Å². The fourth-order valence-electron chi connectivity index (χ4n) is 2.37. The molecule has 0 spiro atoms. The van der Waals surface area contributed by atoms with Gasteiger partial charge in [-0.3, -0.25) is 0 Å². The van der Waals surface area contributed by atoms with Crippen LogP contribution in [-0.2, 0) is 19.2 Å². The van der Waals surface area contributed by atoms with Crippen LogP contribution in [0.1, 0.15) is 48.5 Å². The molecule has 0 aromatic heterocycles. The molecule has 0 saturated carbocycles. The third-order valence-electron chi connectivity index (χ3n) is 2.73. The van der Waals surface area contributed by atoms with Crippen LogP contribution in [-0.4, -0.2) is 36.1 Å². The molecule has 19 heavy (non-hydrogen) atoms. The van der Waals surface area contributed by atoms with Crippen molar-refractivity contribution in [1.29, 1.82) is 0 Å². The summed E-state index contributed by atoms with van der Waals surface area (Å²) < 4.78 is 35.0. The monoisotopic (exact) mass is 293 g/mol. The molecule has 0 radical (unpaired) electrons. The summed E-state index contributed by atoms with van der Waals surface area (Å²) in [5.41, 5.74) is -1.73. The van der Waals surface area contributed by atoms with E-state index in [0.29, 0.717) is 0 Å². The van der Waals surface area contributed by atoms with E-state index in [9.17, 15) is 13.2 Å². The molecule has 1 saturated heterocycles. The Labute approximate surface area is 115 Å². The Hall–Kier alpha value is -0.820. The lowest BCUT2D eigenvalue weighted by Crippen LogP contribution is -2.49. The highest BCUT2D eigenvalue weighted by Gasteiger charge is 2.56. The Balaban J connectivity index is 3.18. The first kappa shape index (κ1) is 16.2. The summed E-state index contributed by atoms with van der Waals surface area (Å²) in [5.74, 6) is -0.0835. The number of nitrogens with zero attached hydrogens (tertiary/aromatic N) is 1. The average Bonchev–Trinajstić information content (AvgIpc) is 2.26. The minimum atomic E-state index is -4.10. The molecule has 0 bridgehead atoms. The number of carbonyl (C=O) groups is 1. The lowest BCUT2D eigenvalue weighted by molar-refractivity contribution is 0.0202. The molecule has 1 heterocycles. The van der Waals surface area contributed by atoms with Crippen LogP contribution in [0.15, 0.2) is 0 Å². The largest absolute Gasteiger partial charge is 0.443 e. The summed E-state index contributed by atoms with van der Waals surface area (Å²) >= 11 is 0. The van der Waals surface area contributed by atoms with E-state index in [1.54, 1.807) is 34.6 Å². The Morgan fingerprint density at radius 3 is 2.16 bits per heavy atom. The van der Waals surface area contributed by atoms with E-state index < -0.39 is 33.6 Å². The molecule has 1 aliphatic heterocycles. The number of hydrogen-bond acceptors (Lipinski definition) is 5. The molecule has 7 heteroatoms. The fraction of sp³-hybridized carbons (Fsp3) is 0.917. The molecule has 1 rings (SSSR count). The van der Waals surface area contributed by atoms with Gasteiger partial charge in [0.15, 0.2) is 0 Å². The second-order valence-corrected chi connectivity index (χ2v) is 8.03. The molecule has 1 fully saturated rings. The van der Waals surface area contributed by atoms with Crippen molar-refractivity contribution in [2.75, 3.05) is 0 Å². The molecule has 0 N–H and O–H groups in total. The second kappa shape index (κ2) is 4.63. The molecule has 1 atom stereocenters. The minimum Gasteiger partial charge on any atom is -0.443 e. The highest BCUT2D eigenvalue weighted by atomic mass is 32.2. The Morgan fingerprint density at radius 1 is 1.32 bits per heavy atom. The van der Waals surface area contributed by atoms with Crippen molar-refractivity contribution in [2.24, 2.45) is 5.92 Å². The Bertz CT molecular complexity index is 461. The third kappa shape index (κ3) is 3.39. The van der Waals surface area contributed by atoms with Gasteiger partial charge in [-0.15, -0.1) is 0 Å². The molecule has 0 aliphatic carbocycles. The Kier molecular flexibility index (Phi) is 3.95. The van der Waals surface area contributed by atoms with Gasteiger partial charge < -0.3 is 4.74 Å². The van der Waals surface area contributed by atoms with Gasteiger partial charge in [-0.05, 0) is 40.5 Å². The van der Waals surface area contributed by atoms with Crippen molar-refractivity contribution in [2.45, 2.75) is 65.7 Å². The molecular weight excluding hydrogens is 270 g/mol. The number of ether oxygens (including phenoxy) is 1. The van der Waals surface area contributed by atoms with Crippen molar-refractivity contribution in [3.05, 3.63) is 0 Å². The van der Waals surface area contributed by atoms with Crippen LogP contribution in [0.25, 0.3) is 0 Å². The van der Waals surface area contributed by atoms with Crippen molar-refractivity contribution in [3.8, 4) is 0 Å². The summed E-state index contributed by atoms with van der Waals surface area (Å²) in [6.45, 7) is 12.0. The van der Waals surface area contributed by atoms with Gasteiger partial charge in [-0.2, -0.15) is 12.7 Å². The van der Waals surface area contributed by atoms with Crippen molar-refractivity contribution >= 4 is 16.4 Å². The first-order valence-electron chi connectivity index (χ1n) is 6.26. The number of amides is 1. The van der Waals surface area contributed by atoms with Gasteiger partial charge in [-0.25, -0.2) is 8.98 Å². The predicted octanol–water partition coefficient (Wildman–Crippen LogP) is 2.30. The minimum absolute atomic E-state index is 0.0835. The van der Waals surface area contributed by atoms with Crippen LogP contribution < -0.4 is 0 Å².